The highest BCUT2D eigenvalue weighted by molar-refractivity contribution is 7.81. The molecule has 0 bridgehead atoms. The molecule has 1 saturated heterocycles. The van der Waals surface area contributed by atoms with Crippen molar-refractivity contribution in [3.05, 3.63) is 0 Å². The Hall–Kier alpha value is -0.220. The highest BCUT2D eigenvalue weighted by atomic mass is 32.1. The molecule has 1 aliphatic heterocycles. The molecule has 1 rings (SSSR count). The van der Waals surface area contributed by atoms with Crippen molar-refractivity contribution in [3.8, 4) is 0 Å². The first-order chi connectivity index (χ1) is 5.59. The Balaban J connectivity index is 2.27. The van der Waals surface area contributed by atoms with E-state index in [1.807, 2.05) is 6.92 Å². The minimum absolute atomic E-state index is 0.0959. The maximum absolute atomic E-state index is 10.4. The lowest BCUT2D eigenvalue weighted by atomic mass is 10.1. The summed E-state index contributed by atoms with van der Waals surface area (Å²) in [7, 11) is 0. The Morgan fingerprint density at radius 1 is 1.75 bits per heavy atom. The Morgan fingerprint density at radius 3 is 2.83 bits per heavy atom. The summed E-state index contributed by atoms with van der Waals surface area (Å²) in [5.74, 6) is -0.860. The first kappa shape index (κ1) is 9.86. The van der Waals surface area contributed by atoms with E-state index in [4.69, 9.17) is 9.84 Å². The van der Waals surface area contributed by atoms with Crippen LogP contribution in [0.3, 0.4) is 0 Å². The molecule has 1 N–H and O–H groups in total. The Bertz CT molecular complexity index is 172. The van der Waals surface area contributed by atoms with Crippen molar-refractivity contribution in [2.45, 2.75) is 43.6 Å². The van der Waals surface area contributed by atoms with Crippen LogP contribution in [0.5, 0.6) is 0 Å². The van der Waals surface area contributed by atoms with Gasteiger partial charge in [0, 0.05) is 0 Å². The lowest BCUT2D eigenvalue weighted by Crippen LogP contribution is -2.21. The highest BCUT2D eigenvalue weighted by Gasteiger charge is 2.26. The van der Waals surface area contributed by atoms with Crippen LogP contribution < -0.4 is 0 Å². The average molecular weight is 190 g/mol. The molecular weight excluding hydrogens is 176 g/mol. The van der Waals surface area contributed by atoms with E-state index in [1.54, 1.807) is 0 Å². The second kappa shape index (κ2) is 4.14. The number of carboxylic acids is 1. The van der Waals surface area contributed by atoms with Crippen molar-refractivity contribution in [1.82, 2.24) is 0 Å². The van der Waals surface area contributed by atoms with E-state index in [-0.39, 0.29) is 12.2 Å². The van der Waals surface area contributed by atoms with Gasteiger partial charge in [0.25, 0.3) is 0 Å². The molecule has 3 atom stereocenters. The van der Waals surface area contributed by atoms with Gasteiger partial charge < -0.3 is 9.84 Å². The summed E-state index contributed by atoms with van der Waals surface area (Å²) in [6, 6.07) is 0. The summed E-state index contributed by atoms with van der Waals surface area (Å²) in [5.41, 5.74) is 0. The number of carbonyl (C=O) groups is 1. The first-order valence-corrected chi connectivity index (χ1v) is 4.67. The van der Waals surface area contributed by atoms with Crippen LogP contribution in [0, 0.1) is 0 Å². The van der Waals surface area contributed by atoms with Gasteiger partial charge in [-0.2, -0.15) is 12.6 Å². The number of aliphatic carboxylic acids is 1. The number of ether oxygens (including phenoxy) is 1. The quantitative estimate of drug-likeness (QED) is 0.660. The molecular formula is C8H14O3S. The molecule has 12 heavy (non-hydrogen) atoms. The minimum atomic E-state index is -0.860. The topological polar surface area (TPSA) is 46.5 Å². The summed E-state index contributed by atoms with van der Waals surface area (Å²) < 4.78 is 5.47. The third kappa shape index (κ3) is 2.68. The standard InChI is InChI=1S/C8H14O3S/c1-5-2-3-6(11-5)4-7(12)8(9)10/h5-7,12H,2-4H2,1H3,(H,9,10). The van der Waals surface area contributed by atoms with Gasteiger partial charge >= 0.3 is 5.97 Å². The van der Waals surface area contributed by atoms with Crippen LogP contribution in [-0.2, 0) is 9.53 Å². The molecule has 0 saturated carbocycles. The zero-order valence-electron chi connectivity index (χ0n) is 7.06. The highest BCUT2D eigenvalue weighted by Crippen LogP contribution is 2.23. The summed E-state index contributed by atoms with van der Waals surface area (Å²) in [4.78, 5) is 10.4. The van der Waals surface area contributed by atoms with Gasteiger partial charge in [-0.25, -0.2) is 0 Å². The van der Waals surface area contributed by atoms with Gasteiger partial charge in [-0.05, 0) is 26.2 Å². The number of rotatable bonds is 3. The maximum atomic E-state index is 10.4. The Morgan fingerprint density at radius 2 is 2.42 bits per heavy atom. The minimum Gasteiger partial charge on any atom is -0.480 e. The maximum Gasteiger partial charge on any atom is 0.316 e. The molecule has 0 aromatic rings. The predicted molar refractivity (Wildman–Crippen MR) is 48.6 cm³/mol. The van der Waals surface area contributed by atoms with Crippen LogP contribution in [0.15, 0.2) is 0 Å². The van der Waals surface area contributed by atoms with Gasteiger partial charge in [-0.15, -0.1) is 0 Å². The molecule has 3 unspecified atom stereocenters. The normalized spacial score (nSPS) is 31.8. The average Bonchev–Trinajstić information content (AvgIpc) is 2.35. The van der Waals surface area contributed by atoms with Crippen LogP contribution in [0.2, 0.25) is 0 Å². The Labute approximate surface area is 77.5 Å². The molecule has 0 aromatic carbocycles. The summed E-state index contributed by atoms with van der Waals surface area (Å²) in [6.45, 7) is 2.01. The molecule has 0 aromatic heterocycles. The van der Waals surface area contributed by atoms with E-state index in [0.29, 0.717) is 6.42 Å². The van der Waals surface area contributed by atoms with Gasteiger partial charge in [0.1, 0.15) is 5.25 Å². The zero-order valence-corrected chi connectivity index (χ0v) is 7.96. The van der Waals surface area contributed by atoms with Gasteiger partial charge in [-0.3, -0.25) is 4.79 Å². The number of hydrogen-bond donors (Lipinski definition) is 2. The monoisotopic (exact) mass is 190 g/mol. The van der Waals surface area contributed by atoms with Crippen molar-refractivity contribution >= 4 is 18.6 Å². The van der Waals surface area contributed by atoms with E-state index >= 15 is 0 Å². The molecule has 0 radical (unpaired) electrons. The lowest BCUT2D eigenvalue weighted by Gasteiger charge is -2.12. The second-order valence-corrected chi connectivity index (χ2v) is 3.86. The summed E-state index contributed by atoms with van der Waals surface area (Å²) in [6.07, 6.45) is 2.89. The SMILES string of the molecule is CC1CCC(CC(S)C(=O)O)O1. The predicted octanol–water partition coefficient (Wildman–Crippen LogP) is 1.33. The van der Waals surface area contributed by atoms with Gasteiger partial charge in [0.05, 0.1) is 12.2 Å². The van der Waals surface area contributed by atoms with Crippen molar-refractivity contribution in [2.75, 3.05) is 0 Å². The van der Waals surface area contributed by atoms with Crippen LogP contribution in [0.4, 0.5) is 0 Å². The largest absolute Gasteiger partial charge is 0.480 e. The van der Waals surface area contributed by atoms with Crippen LogP contribution in [0.25, 0.3) is 0 Å². The first-order valence-electron chi connectivity index (χ1n) is 4.16. The summed E-state index contributed by atoms with van der Waals surface area (Å²) >= 11 is 3.95. The molecule has 0 aliphatic carbocycles. The van der Waals surface area contributed by atoms with Crippen molar-refractivity contribution in [1.29, 1.82) is 0 Å². The van der Waals surface area contributed by atoms with Crippen LogP contribution in [0.1, 0.15) is 26.2 Å². The molecule has 1 aliphatic rings. The van der Waals surface area contributed by atoms with Crippen molar-refractivity contribution in [2.24, 2.45) is 0 Å². The van der Waals surface area contributed by atoms with E-state index in [2.05, 4.69) is 12.6 Å². The third-order valence-corrected chi connectivity index (χ3v) is 2.52. The number of hydrogen-bond acceptors (Lipinski definition) is 3. The fourth-order valence-electron chi connectivity index (χ4n) is 1.41. The molecule has 0 spiro atoms. The van der Waals surface area contributed by atoms with E-state index in [9.17, 15) is 4.79 Å². The molecule has 1 fully saturated rings. The molecule has 4 heteroatoms. The van der Waals surface area contributed by atoms with Crippen LogP contribution >= 0.6 is 12.6 Å². The molecule has 1 heterocycles. The fraction of sp³-hybridized carbons (Fsp3) is 0.875. The fourth-order valence-corrected chi connectivity index (χ4v) is 1.64. The second-order valence-electron chi connectivity index (χ2n) is 3.24. The Kier molecular flexibility index (Phi) is 3.40. The molecule has 70 valence electrons. The van der Waals surface area contributed by atoms with E-state index < -0.39 is 11.2 Å². The van der Waals surface area contributed by atoms with Crippen LogP contribution in [-0.4, -0.2) is 28.5 Å². The summed E-state index contributed by atoms with van der Waals surface area (Å²) in [5, 5.41) is 7.99. The van der Waals surface area contributed by atoms with E-state index in [1.165, 1.54) is 0 Å². The van der Waals surface area contributed by atoms with Crippen molar-refractivity contribution < 1.29 is 14.6 Å². The zero-order chi connectivity index (χ0) is 9.14. The number of carboxylic acid groups (broad SMARTS) is 1. The third-order valence-electron chi connectivity index (χ3n) is 2.09. The van der Waals surface area contributed by atoms with Gasteiger partial charge in [-0.1, -0.05) is 0 Å². The number of thiol groups is 1. The van der Waals surface area contributed by atoms with Gasteiger partial charge in [0.15, 0.2) is 0 Å². The lowest BCUT2D eigenvalue weighted by molar-refractivity contribution is -0.137. The van der Waals surface area contributed by atoms with Crippen molar-refractivity contribution in [3.63, 3.8) is 0 Å². The smallest absolute Gasteiger partial charge is 0.316 e. The van der Waals surface area contributed by atoms with E-state index in [0.717, 1.165) is 12.8 Å². The van der Waals surface area contributed by atoms with Gasteiger partial charge in [0.2, 0.25) is 0 Å². The molecule has 3 nitrogen and oxygen atoms in total. The molecule has 0 amide bonds.